The van der Waals surface area contributed by atoms with Gasteiger partial charge in [0, 0.05) is 31.4 Å². The predicted molar refractivity (Wildman–Crippen MR) is 97.6 cm³/mol. The Labute approximate surface area is 146 Å². The van der Waals surface area contributed by atoms with Crippen molar-refractivity contribution in [1.29, 1.82) is 0 Å². The maximum Gasteiger partial charge on any atom is 0.255 e. The first-order valence-electron chi connectivity index (χ1n) is 8.49. The van der Waals surface area contributed by atoms with Gasteiger partial charge in [0.15, 0.2) is 0 Å². The van der Waals surface area contributed by atoms with Crippen molar-refractivity contribution in [3.05, 3.63) is 52.1 Å². The van der Waals surface area contributed by atoms with Crippen molar-refractivity contribution in [3.8, 4) is 0 Å². The molecule has 2 aromatic rings. The first-order valence-corrected chi connectivity index (χ1v) is 8.49. The monoisotopic (exact) mass is 341 g/mol. The number of pyridine rings is 2. The molecule has 2 aromatic heterocycles. The van der Waals surface area contributed by atoms with Gasteiger partial charge in [0.25, 0.3) is 5.91 Å². The van der Waals surface area contributed by atoms with E-state index in [4.69, 9.17) is 5.73 Å². The van der Waals surface area contributed by atoms with Crippen molar-refractivity contribution in [2.75, 3.05) is 24.1 Å². The number of carbonyl (C=O) groups excluding carboxylic acids is 1. The molecule has 0 spiro atoms. The molecule has 0 saturated carbocycles. The van der Waals surface area contributed by atoms with E-state index in [9.17, 15) is 9.59 Å². The first kappa shape index (κ1) is 17.0. The number of likely N-dealkylation sites (tertiary alicyclic amines) is 1. The number of aromatic amines is 1. The first-order chi connectivity index (χ1) is 12.0. The van der Waals surface area contributed by atoms with Crippen LogP contribution in [0.25, 0.3) is 0 Å². The van der Waals surface area contributed by atoms with Gasteiger partial charge in [-0.2, -0.15) is 0 Å². The number of amides is 1. The van der Waals surface area contributed by atoms with Gasteiger partial charge in [-0.25, -0.2) is 4.98 Å². The number of aromatic nitrogens is 2. The molecule has 7 nitrogen and oxygen atoms in total. The quantitative estimate of drug-likeness (QED) is 0.789. The number of rotatable bonds is 3. The van der Waals surface area contributed by atoms with Gasteiger partial charge in [-0.15, -0.1) is 0 Å². The highest BCUT2D eigenvalue weighted by Crippen LogP contribution is 2.19. The fraction of sp³-hybridized carbons (Fsp3) is 0.389. The van der Waals surface area contributed by atoms with Crippen LogP contribution >= 0.6 is 0 Å². The Bertz CT molecular complexity index is 800. The number of aryl methyl sites for hydroxylation is 1. The number of nitrogens with one attached hydrogen (secondary N) is 2. The molecule has 1 amide bonds. The average Bonchev–Trinajstić information content (AvgIpc) is 2.82. The zero-order valence-corrected chi connectivity index (χ0v) is 14.3. The second kappa shape index (κ2) is 7.38. The van der Waals surface area contributed by atoms with Gasteiger partial charge in [0.05, 0.1) is 17.4 Å². The van der Waals surface area contributed by atoms with Crippen molar-refractivity contribution < 1.29 is 4.79 Å². The summed E-state index contributed by atoms with van der Waals surface area (Å²) in [6.07, 6.45) is 6.01. The van der Waals surface area contributed by atoms with Crippen molar-refractivity contribution in [3.63, 3.8) is 0 Å². The molecule has 0 radical (unpaired) electrons. The van der Waals surface area contributed by atoms with Crippen LogP contribution < -0.4 is 16.6 Å². The van der Waals surface area contributed by atoms with Crippen LogP contribution in [0.1, 0.15) is 35.2 Å². The highest BCUT2D eigenvalue weighted by Gasteiger charge is 2.22. The number of nitrogen functional groups attached to an aromatic ring is 1. The Hall–Kier alpha value is -2.83. The lowest BCUT2D eigenvalue weighted by molar-refractivity contribution is 0.0760. The van der Waals surface area contributed by atoms with Gasteiger partial charge in [0.1, 0.15) is 5.82 Å². The van der Waals surface area contributed by atoms with Crippen LogP contribution in [0.3, 0.4) is 0 Å². The summed E-state index contributed by atoms with van der Waals surface area (Å²) in [4.78, 5) is 32.6. The fourth-order valence-corrected chi connectivity index (χ4v) is 3.14. The summed E-state index contributed by atoms with van der Waals surface area (Å²) < 4.78 is 0. The van der Waals surface area contributed by atoms with E-state index in [0.717, 1.165) is 31.5 Å². The van der Waals surface area contributed by atoms with E-state index in [2.05, 4.69) is 15.3 Å². The summed E-state index contributed by atoms with van der Waals surface area (Å²) in [7, 11) is 0. The molecule has 3 heterocycles. The van der Waals surface area contributed by atoms with Crippen molar-refractivity contribution >= 4 is 17.4 Å². The molecular formula is C18H23N5O2. The lowest BCUT2D eigenvalue weighted by Crippen LogP contribution is -2.33. The van der Waals surface area contributed by atoms with Crippen LogP contribution in [0.4, 0.5) is 11.5 Å². The third-order valence-electron chi connectivity index (χ3n) is 4.53. The van der Waals surface area contributed by atoms with Gasteiger partial charge >= 0.3 is 0 Å². The van der Waals surface area contributed by atoms with Gasteiger partial charge in [-0.05, 0) is 43.9 Å². The molecule has 1 aliphatic heterocycles. The zero-order valence-electron chi connectivity index (χ0n) is 14.3. The summed E-state index contributed by atoms with van der Waals surface area (Å²) in [6, 6.07) is 5.44. The zero-order chi connectivity index (χ0) is 17.8. The third kappa shape index (κ3) is 4.17. The third-order valence-corrected chi connectivity index (χ3v) is 4.53. The van der Waals surface area contributed by atoms with Crippen LogP contribution in [-0.2, 0) is 0 Å². The van der Waals surface area contributed by atoms with Crippen molar-refractivity contribution in [2.24, 2.45) is 0 Å². The molecule has 0 bridgehead atoms. The Kier molecular flexibility index (Phi) is 5.02. The van der Waals surface area contributed by atoms with Crippen molar-refractivity contribution in [2.45, 2.75) is 32.2 Å². The van der Waals surface area contributed by atoms with E-state index in [0.29, 0.717) is 29.5 Å². The fourth-order valence-electron chi connectivity index (χ4n) is 3.14. The smallest absolute Gasteiger partial charge is 0.255 e. The summed E-state index contributed by atoms with van der Waals surface area (Å²) in [5.74, 6) is 0.475. The number of H-pyrrole nitrogens is 1. The molecule has 1 aliphatic rings. The Morgan fingerprint density at radius 2 is 2.20 bits per heavy atom. The topological polar surface area (TPSA) is 104 Å². The Morgan fingerprint density at radius 3 is 2.92 bits per heavy atom. The molecular weight excluding hydrogens is 318 g/mol. The number of carbonyl (C=O) groups is 1. The summed E-state index contributed by atoms with van der Waals surface area (Å²) in [5, 5.41) is 3.46. The Balaban J connectivity index is 1.63. The van der Waals surface area contributed by atoms with Gasteiger partial charge in [-0.1, -0.05) is 0 Å². The highest BCUT2D eigenvalue weighted by atomic mass is 16.2. The SMILES string of the molecule is Cc1cc(=O)[nH]cc1C(=O)N1CCC[C@H](Nc2ccc(N)nc2)CC1. The lowest BCUT2D eigenvalue weighted by atomic mass is 10.1. The maximum absolute atomic E-state index is 12.7. The second-order valence-electron chi connectivity index (χ2n) is 6.43. The van der Waals surface area contributed by atoms with E-state index in [1.807, 2.05) is 11.0 Å². The predicted octanol–water partition coefficient (Wildman–Crippen LogP) is 1.77. The molecule has 0 unspecified atom stereocenters. The van der Waals surface area contributed by atoms with E-state index in [1.165, 1.54) is 12.3 Å². The molecule has 4 N–H and O–H groups in total. The van der Waals surface area contributed by atoms with Crippen LogP contribution in [0.15, 0.2) is 35.4 Å². The van der Waals surface area contributed by atoms with E-state index >= 15 is 0 Å². The van der Waals surface area contributed by atoms with E-state index in [-0.39, 0.29) is 11.5 Å². The highest BCUT2D eigenvalue weighted by molar-refractivity contribution is 5.95. The largest absolute Gasteiger partial charge is 0.384 e. The minimum Gasteiger partial charge on any atom is -0.384 e. The minimum absolute atomic E-state index is 0.0245. The molecule has 25 heavy (non-hydrogen) atoms. The lowest BCUT2D eigenvalue weighted by Gasteiger charge is -2.22. The van der Waals surface area contributed by atoms with Crippen LogP contribution in [0.2, 0.25) is 0 Å². The number of anilines is 2. The van der Waals surface area contributed by atoms with E-state index in [1.54, 1.807) is 19.2 Å². The Morgan fingerprint density at radius 1 is 1.36 bits per heavy atom. The van der Waals surface area contributed by atoms with Gasteiger partial charge < -0.3 is 20.9 Å². The summed E-state index contributed by atoms with van der Waals surface area (Å²) in [6.45, 7) is 3.19. The molecule has 7 heteroatoms. The maximum atomic E-state index is 12.7. The van der Waals surface area contributed by atoms with E-state index < -0.39 is 0 Å². The number of hydrogen-bond acceptors (Lipinski definition) is 5. The number of nitrogens with two attached hydrogens (primary N) is 1. The van der Waals surface area contributed by atoms with Crippen LogP contribution in [0.5, 0.6) is 0 Å². The summed E-state index contributed by atoms with van der Waals surface area (Å²) >= 11 is 0. The average molecular weight is 341 g/mol. The second-order valence-corrected chi connectivity index (χ2v) is 6.43. The number of hydrogen-bond donors (Lipinski definition) is 3. The molecule has 3 rings (SSSR count). The minimum atomic E-state index is -0.189. The summed E-state index contributed by atoms with van der Waals surface area (Å²) in [5.41, 5.74) is 7.63. The standard InChI is InChI=1S/C18H23N5O2/c1-12-9-17(24)21-11-15(12)18(25)23-7-2-3-13(6-8-23)22-14-4-5-16(19)20-10-14/h4-5,9-11,13,22H,2-3,6-8H2,1H3,(H2,19,20)(H,21,24)/t13-/m0/s1. The molecule has 1 atom stereocenters. The number of nitrogens with zero attached hydrogens (tertiary/aromatic N) is 2. The normalized spacial score (nSPS) is 17.8. The molecule has 1 fully saturated rings. The van der Waals surface area contributed by atoms with Gasteiger partial charge in [-0.3, -0.25) is 9.59 Å². The molecule has 0 aromatic carbocycles. The van der Waals surface area contributed by atoms with Crippen molar-refractivity contribution in [1.82, 2.24) is 14.9 Å². The molecule has 0 aliphatic carbocycles. The van der Waals surface area contributed by atoms with Crippen LogP contribution in [0, 0.1) is 6.92 Å². The van der Waals surface area contributed by atoms with Crippen LogP contribution in [-0.4, -0.2) is 39.9 Å². The molecule has 1 saturated heterocycles. The van der Waals surface area contributed by atoms with Gasteiger partial charge in [0.2, 0.25) is 5.56 Å². The molecule has 132 valence electrons.